The van der Waals surface area contributed by atoms with Gasteiger partial charge in [0.25, 0.3) is 5.91 Å². The lowest BCUT2D eigenvalue weighted by Gasteiger charge is -2.45. The molecule has 1 saturated carbocycles. The van der Waals surface area contributed by atoms with Crippen LogP contribution in [0.1, 0.15) is 70.6 Å². The molecule has 2 aliphatic rings. The maximum absolute atomic E-state index is 13.5. The van der Waals surface area contributed by atoms with E-state index in [-0.39, 0.29) is 51.1 Å². The van der Waals surface area contributed by atoms with Gasteiger partial charge < -0.3 is 4.90 Å². The van der Waals surface area contributed by atoms with Crippen molar-refractivity contribution < 1.29 is 13.2 Å². The molecule has 0 N–H and O–H groups in total. The van der Waals surface area contributed by atoms with Gasteiger partial charge in [0, 0.05) is 17.1 Å². The molecule has 1 saturated heterocycles. The van der Waals surface area contributed by atoms with Crippen LogP contribution in [-0.4, -0.2) is 36.3 Å². The Morgan fingerprint density at radius 1 is 1.06 bits per heavy atom. The topological polar surface area (TPSA) is 67.3 Å². The molecule has 2 fully saturated rings. The molecule has 1 aromatic carbocycles. The van der Waals surface area contributed by atoms with Crippen molar-refractivity contribution in [1.82, 2.24) is 9.88 Å². The third kappa shape index (κ3) is 5.08. The lowest BCUT2D eigenvalue weighted by atomic mass is 9.61. The second-order valence-electron chi connectivity index (χ2n) is 10.7. The highest BCUT2D eigenvalue weighted by molar-refractivity contribution is 7.90. The number of carbonyl (C=O) groups excluding carboxylic acids is 1. The monoisotopic (exact) mass is 510 g/mol. The van der Waals surface area contributed by atoms with Crippen LogP contribution >= 0.6 is 23.2 Å². The average molecular weight is 512 g/mol. The molecular formula is C25H32Cl2N2O3S. The predicted molar refractivity (Wildman–Crippen MR) is 134 cm³/mol. The van der Waals surface area contributed by atoms with Crippen LogP contribution in [0.3, 0.4) is 0 Å². The number of sulfone groups is 1. The van der Waals surface area contributed by atoms with Crippen LogP contribution < -0.4 is 0 Å². The third-order valence-corrected chi connectivity index (χ3v) is 8.96. The van der Waals surface area contributed by atoms with Gasteiger partial charge in [-0.1, -0.05) is 57.5 Å². The summed E-state index contributed by atoms with van der Waals surface area (Å²) in [5, 5.41) is 0.429. The summed E-state index contributed by atoms with van der Waals surface area (Å²) in [5.41, 5.74) is 0.598. The van der Waals surface area contributed by atoms with Crippen molar-refractivity contribution >= 4 is 38.9 Å². The number of benzene rings is 1. The Morgan fingerprint density at radius 3 is 2.42 bits per heavy atom. The van der Waals surface area contributed by atoms with Crippen molar-refractivity contribution in [2.75, 3.05) is 6.54 Å². The summed E-state index contributed by atoms with van der Waals surface area (Å²) in [6, 6.07) is 9.24. The van der Waals surface area contributed by atoms with Gasteiger partial charge in [-0.15, -0.1) is 0 Å². The van der Waals surface area contributed by atoms with Gasteiger partial charge in [-0.2, -0.15) is 0 Å². The number of aromatic nitrogens is 1. The van der Waals surface area contributed by atoms with Crippen LogP contribution in [0.4, 0.5) is 0 Å². The zero-order chi connectivity index (χ0) is 23.5. The van der Waals surface area contributed by atoms with Gasteiger partial charge in [0.1, 0.15) is 5.69 Å². The Kier molecular flexibility index (Phi) is 6.73. The first kappa shape index (κ1) is 26.0. The molecule has 33 heavy (non-hydrogen) atoms. The highest BCUT2D eigenvalue weighted by Crippen LogP contribution is 2.57. The largest absolute Gasteiger partial charge is 0.331 e. The predicted octanol–water partition coefficient (Wildman–Crippen LogP) is 6.43. The zero-order valence-corrected chi connectivity index (χ0v) is 21.1. The molecule has 0 spiro atoms. The number of nitrogens with zero attached hydrogens (tertiary/aromatic N) is 2. The van der Waals surface area contributed by atoms with Gasteiger partial charge in [0.15, 0.2) is 9.84 Å². The standard InChI is InChI=1S/C24H28Cl2N2O3S.CH4/c1-22(2)12-23(3)14-24(4,13-22)28(15-23)21(29)19-7-5-6-17(27-19)11-32(30,31)20-9-8-16(25)10-18(20)26;/h5-10H,11-15H2,1-4H3;1H4/t23-,24+;/m0./s1. The first-order chi connectivity index (χ1) is 14.7. The van der Waals surface area contributed by atoms with Crippen molar-refractivity contribution in [3.63, 3.8) is 0 Å². The fourth-order valence-corrected chi connectivity index (χ4v) is 8.40. The number of amides is 1. The van der Waals surface area contributed by atoms with Crippen LogP contribution in [-0.2, 0) is 15.6 Å². The van der Waals surface area contributed by atoms with Crippen LogP contribution in [0.5, 0.6) is 0 Å². The highest BCUT2D eigenvalue weighted by Gasteiger charge is 2.57. The van der Waals surface area contributed by atoms with Crippen molar-refractivity contribution in [2.45, 2.75) is 70.6 Å². The van der Waals surface area contributed by atoms with Gasteiger partial charge in [0.2, 0.25) is 0 Å². The summed E-state index contributed by atoms with van der Waals surface area (Å²) in [5.74, 6) is -0.491. The second kappa shape index (κ2) is 8.54. The van der Waals surface area contributed by atoms with E-state index in [0.29, 0.717) is 17.3 Å². The van der Waals surface area contributed by atoms with Gasteiger partial charge in [-0.05, 0) is 67.3 Å². The summed E-state index contributed by atoms with van der Waals surface area (Å²) in [6.45, 7) is 9.64. The molecule has 4 rings (SSSR count). The van der Waals surface area contributed by atoms with Crippen LogP contribution in [0.2, 0.25) is 10.0 Å². The number of rotatable bonds is 4. The molecule has 0 unspecified atom stereocenters. The van der Waals surface area contributed by atoms with Crippen LogP contribution in [0.15, 0.2) is 41.3 Å². The maximum atomic E-state index is 13.5. The van der Waals surface area contributed by atoms with Crippen molar-refractivity contribution in [3.05, 3.63) is 57.8 Å². The molecule has 1 amide bonds. The van der Waals surface area contributed by atoms with E-state index >= 15 is 0 Å². The quantitative estimate of drug-likeness (QED) is 0.475. The Bertz CT molecular complexity index is 1200. The number of carbonyl (C=O) groups is 1. The highest BCUT2D eigenvalue weighted by atomic mass is 35.5. The Morgan fingerprint density at radius 2 is 1.76 bits per heavy atom. The van der Waals surface area contributed by atoms with E-state index in [1.54, 1.807) is 18.2 Å². The van der Waals surface area contributed by atoms with Crippen molar-refractivity contribution in [2.24, 2.45) is 10.8 Å². The minimum atomic E-state index is -3.75. The van der Waals surface area contributed by atoms with E-state index < -0.39 is 9.84 Å². The summed E-state index contributed by atoms with van der Waals surface area (Å²) < 4.78 is 25.8. The fraction of sp³-hybridized carbons (Fsp3) is 0.520. The summed E-state index contributed by atoms with van der Waals surface area (Å²) in [6.07, 6.45) is 2.98. The molecule has 8 heteroatoms. The Balaban J connectivity index is 0.00000306. The van der Waals surface area contributed by atoms with E-state index in [1.807, 2.05) is 4.90 Å². The van der Waals surface area contributed by atoms with Crippen molar-refractivity contribution in [1.29, 1.82) is 0 Å². The Hall–Kier alpha value is -1.63. The first-order valence-electron chi connectivity index (χ1n) is 10.7. The molecule has 1 aromatic heterocycles. The van der Waals surface area contributed by atoms with Gasteiger partial charge in [-0.25, -0.2) is 13.4 Å². The molecule has 2 heterocycles. The molecule has 5 nitrogen and oxygen atoms in total. The molecular weight excluding hydrogens is 479 g/mol. The van der Waals surface area contributed by atoms with E-state index in [1.165, 1.54) is 18.2 Å². The lowest BCUT2D eigenvalue weighted by molar-refractivity contribution is 0.0464. The van der Waals surface area contributed by atoms with Crippen molar-refractivity contribution in [3.8, 4) is 0 Å². The first-order valence-corrected chi connectivity index (χ1v) is 13.1. The summed E-state index contributed by atoms with van der Waals surface area (Å²) >= 11 is 12.0. The number of hydrogen-bond donors (Lipinski definition) is 0. The van der Waals surface area contributed by atoms with E-state index in [0.717, 1.165) is 19.3 Å². The van der Waals surface area contributed by atoms with Gasteiger partial charge in [-0.3, -0.25) is 4.79 Å². The van der Waals surface area contributed by atoms with Crippen LogP contribution in [0, 0.1) is 10.8 Å². The second-order valence-corrected chi connectivity index (χ2v) is 13.5. The summed E-state index contributed by atoms with van der Waals surface area (Å²) in [7, 11) is -3.75. The number of halogens is 2. The maximum Gasteiger partial charge on any atom is 0.272 e. The normalized spacial score (nSPS) is 26.1. The molecule has 1 aliphatic heterocycles. The SMILES string of the molecule is C.CC1(C)C[C@]2(C)CN(C(=O)c3cccc(CS(=O)(=O)c4ccc(Cl)cc4Cl)n3)[C@](C)(C1)C2. The van der Waals surface area contributed by atoms with E-state index in [2.05, 4.69) is 32.7 Å². The zero-order valence-electron chi connectivity index (χ0n) is 18.8. The minimum Gasteiger partial charge on any atom is -0.331 e. The van der Waals surface area contributed by atoms with E-state index in [9.17, 15) is 13.2 Å². The average Bonchev–Trinajstić information content (AvgIpc) is 2.84. The molecule has 180 valence electrons. The van der Waals surface area contributed by atoms with Gasteiger partial charge >= 0.3 is 0 Å². The number of fused-ring (bicyclic) bond motifs is 2. The molecule has 1 aliphatic carbocycles. The molecule has 2 atom stereocenters. The third-order valence-electron chi connectivity index (χ3n) is 6.60. The van der Waals surface area contributed by atoms with Crippen LogP contribution in [0.25, 0.3) is 0 Å². The number of pyridine rings is 1. The smallest absolute Gasteiger partial charge is 0.272 e. The minimum absolute atomic E-state index is 0. The number of hydrogen-bond acceptors (Lipinski definition) is 4. The molecule has 0 radical (unpaired) electrons. The lowest BCUT2D eigenvalue weighted by Crippen LogP contribution is -2.48. The Labute approximate surface area is 207 Å². The van der Waals surface area contributed by atoms with Gasteiger partial charge in [0.05, 0.1) is 21.4 Å². The summed E-state index contributed by atoms with van der Waals surface area (Å²) in [4.78, 5) is 19.9. The van der Waals surface area contributed by atoms with E-state index in [4.69, 9.17) is 23.2 Å². The fourth-order valence-electron chi connectivity index (χ4n) is 6.30. The number of likely N-dealkylation sites (tertiary alicyclic amines) is 1. The molecule has 2 aromatic rings. The molecule has 2 bridgehead atoms.